The fourth-order valence-corrected chi connectivity index (χ4v) is 3.84. The van der Waals surface area contributed by atoms with E-state index >= 15 is 0 Å². The quantitative estimate of drug-likeness (QED) is 0.506. The molecule has 0 bridgehead atoms. The van der Waals surface area contributed by atoms with Gasteiger partial charge in [0.1, 0.15) is 5.75 Å². The van der Waals surface area contributed by atoms with Crippen molar-refractivity contribution in [2.45, 2.75) is 6.04 Å². The van der Waals surface area contributed by atoms with E-state index in [0.29, 0.717) is 11.3 Å². The number of carboxylic acid groups (broad SMARTS) is 1. The van der Waals surface area contributed by atoms with Gasteiger partial charge < -0.3 is 14.9 Å². The number of benzene rings is 3. The fraction of sp³-hybridized carbons (Fsp3) is 0.0741. The maximum Gasteiger partial charge on any atom is 0.335 e. The van der Waals surface area contributed by atoms with E-state index in [9.17, 15) is 24.6 Å². The maximum atomic E-state index is 13.2. The number of aromatic carboxylic acids is 1. The first-order valence-electron chi connectivity index (χ1n) is 10.4. The van der Waals surface area contributed by atoms with Crippen LogP contribution in [-0.4, -0.2) is 35.0 Å². The first-order valence-corrected chi connectivity index (χ1v) is 10.4. The number of amides is 1. The van der Waals surface area contributed by atoms with Gasteiger partial charge in [-0.2, -0.15) is 0 Å². The predicted octanol–water partition coefficient (Wildman–Crippen LogP) is 4.58. The highest BCUT2D eigenvalue weighted by atomic mass is 16.5. The smallest absolute Gasteiger partial charge is 0.335 e. The standard InChI is InChI=1S/C27H21NO6/c1-34-21-13-11-18(12-14-21)24-23(22(29)15-10-17-6-3-2-4-7-17)25(30)26(31)28(24)20-9-5-8-19(16-20)27(32)33/h2-16,24,30H,1H3,(H,32,33)/b15-10+. The number of ketones is 1. The molecule has 1 unspecified atom stereocenters. The summed E-state index contributed by atoms with van der Waals surface area (Å²) in [4.78, 5) is 39.1. The third kappa shape index (κ3) is 4.31. The van der Waals surface area contributed by atoms with E-state index in [-0.39, 0.29) is 16.8 Å². The summed E-state index contributed by atoms with van der Waals surface area (Å²) in [6, 6.07) is 20.7. The lowest BCUT2D eigenvalue weighted by Gasteiger charge is -2.27. The molecular weight excluding hydrogens is 434 g/mol. The van der Waals surface area contributed by atoms with Crippen molar-refractivity contribution < 1.29 is 29.3 Å². The van der Waals surface area contributed by atoms with Crippen LogP contribution < -0.4 is 9.64 Å². The van der Waals surface area contributed by atoms with Gasteiger partial charge in [-0.25, -0.2) is 4.79 Å². The number of aliphatic hydroxyl groups is 1. The molecule has 0 saturated heterocycles. The minimum atomic E-state index is -1.16. The number of hydrogen-bond acceptors (Lipinski definition) is 5. The van der Waals surface area contributed by atoms with E-state index in [0.717, 1.165) is 5.56 Å². The van der Waals surface area contributed by atoms with Crippen molar-refractivity contribution in [1.29, 1.82) is 0 Å². The molecule has 1 aliphatic rings. The maximum absolute atomic E-state index is 13.2. The number of allylic oxidation sites excluding steroid dienone is 1. The SMILES string of the molecule is COc1ccc(C2C(C(=O)/C=C/c3ccccc3)=C(O)C(=O)N2c2cccc(C(=O)O)c2)cc1. The minimum absolute atomic E-state index is 0.0259. The van der Waals surface area contributed by atoms with Crippen molar-refractivity contribution in [1.82, 2.24) is 0 Å². The molecule has 0 fully saturated rings. The number of methoxy groups -OCH3 is 1. The van der Waals surface area contributed by atoms with Crippen molar-refractivity contribution in [3.8, 4) is 5.75 Å². The Kier molecular flexibility index (Phi) is 6.27. The van der Waals surface area contributed by atoms with Gasteiger partial charge in [0, 0.05) is 5.69 Å². The van der Waals surface area contributed by atoms with Crippen LogP contribution in [0.5, 0.6) is 5.75 Å². The average Bonchev–Trinajstić information content (AvgIpc) is 3.13. The van der Waals surface area contributed by atoms with E-state index in [1.807, 2.05) is 30.3 Å². The summed E-state index contributed by atoms with van der Waals surface area (Å²) in [5.41, 5.74) is 1.46. The van der Waals surface area contributed by atoms with Crippen molar-refractivity contribution in [2.75, 3.05) is 12.0 Å². The van der Waals surface area contributed by atoms with Gasteiger partial charge in [0.2, 0.25) is 0 Å². The van der Waals surface area contributed by atoms with Crippen molar-refractivity contribution in [3.63, 3.8) is 0 Å². The molecule has 0 saturated carbocycles. The van der Waals surface area contributed by atoms with Crippen molar-refractivity contribution in [3.05, 3.63) is 113 Å². The highest BCUT2D eigenvalue weighted by molar-refractivity contribution is 6.20. The number of carboxylic acids is 1. The molecule has 3 aromatic carbocycles. The number of hydrogen-bond donors (Lipinski definition) is 2. The summed E-state index contributed by atoms with van der Waals surface area (Å²) in [7, 11) is 1.52. The third-order valence-electron chi connectivity index (χ3n) is 5.50. The van der Waals surface area contributed by atoms with Crippen molar-refractivity contribution in [2.24, 2.45) is 0 Å². The van der Waals surface area contributed by atoms with E-state index in [4.69, 9.17) is 4.74 Å². The molecule has 0 aliphatic carbocycles. The second kappa shape index (κ2) is 9.46. The highest BCUT2D eigenvalue weighted by Crippen LogP contribution is 2.41. The van der Waals surface area contributed by atoms with Crippen LogP contribution in [0.4, 0.5) is 5.69 Å². The minimum Gasteiger partial charge on any atom is -0.503 e. The van der Waals surface area contributed by atoms with Gasteiger partial charge in [-0.05, 0) is 47.5 Å². The Balaban J connectivity index is 1.80. The predicted molar refractivity (Wildman–Crippen MR) is 127 cm³/mol. The Bertz CT molecular complexity index is 1310. The molecule has 7 nitrogen and oxygen atoms in total. The van der Waals surface area contributed by atoms with E-state index < -0.39 is 29.5 Å². The number of carbonyl (C=O) groups excluding carboxylic acids is 2. The summed E-state index contributed by atoms with van der Waals surface area (Å²) in [6.07, 6.45) is 2.91. The lowest BCUT2D eigenvalue weighted by atomic mass is 9.95. The molecule has 1 heterocycles. The van der Waals surface area contributed by atoms with Crippen LogP contribution in [0.15, 0.2) is 96.3 Å². The number of carbonyl (C=O) groups is 3. The molecule has 4 rings (SSSR count). The van der Waals surface area contributed by atoms with Crippen LogP contribution in [0, 0.1) is 0 Å². The van der Waals surface area contributed by atoms with E-state index in [1.165, 1.54) is 36.3 Å². The van der Waals surface area contributed by atoms with Crippen molar-refractivity contribution >= 4 is 29.4 Å². The normalized spacial score (nSPS) is 15.7. The van der Waals surface area contributed by atoms with Crippen LogP contribution in [0.2, 0.25) is 0 Å². The molecule has 1 atom stereocenters. The van der Waals surface area contributed by atoms with Gasteiger partial charge in [0.25, 0.3) is 5.91 Å². The van der Waals surface area contributed by atoms with E-state index in [2.05, 4.69) is 0 Å². The number of anilines is 1. The molecule has 0 spiro atoms. The lowest BCUT2D eigenvalue weighted by molar-refractivity contribution is -0.117. The van der Waals surface area contributed by atoms with Crippen LogP contribution in [0.3, 0.4) is 0 Å². The van der Waals surface area contributed by atoms with Crippen LogP contribution in [0.25, 0.3) is 6.08 Å². The van der Waals surface area contributed by atoms with Gasteiger partial charge in [-0.3, -0.25) is 14.5 Å². The fourth-order valence-electron chi connectivity index (χ4n) is 3.84. The van der Waals surface area contributed by atoms with Gasteiger partial charge in [-0.1, -0.05) is 54.6 Å². The van der Waals surface area contributed by atoms with Gasteiger partial charge >= 0.3 is 5.97 Å². The van der Waals surface area contributed by atoms with Gasteiger partial charge in [0.05, 0.1) is 24.3 Å². The summed E-state index contributed by atoms with van der Waals surface area (Å²) in [5, 5.41) is 20.1. The highest BCUT2D eigenvalue weighted by Gasteiger charge is 2.43. The Morgan fingerprint density at radius 1 is 0.971 bits per heavy atom. The molecule has 2 N–H and O–H groups in total. The Morgan fingerprint density at radius 3 is 2.32 bits per heavy atom. The summed E-state index contributed by atoms with van der Waals surface area (Å²) >= 11 is 0. The molecule has 7 heteroatoms. The molecule has 170 valence electrons. The van der Waals surface area contributed by atoms with E-state index in [1.54, 1.807) is 36.4 Å². The molecule has 34 heavy (non-hydrogen) atoms. The molecule has 0 radical (unpaired) electrons. The lowest BCUT2D eigenvalue weighted by Crippen LogP contribution is -2.31. The topological polar surface area (TPSA) is 104 Å². The molecule has 1 aliphatic heterocycles. The Hall–Kier alpha value is -4.65. The first-order chi connectivity index (χ1) is 16.4. The zero-order valence-electron chi connectivity index (χ0n) is 18.2. The molecule has 0 aromatic heterocycles. The third-order valence-corrected chi connectivity index (χ3v) is 5.50. The second-order valence-corrected chi connectivity index (χ2v) is 7.58. The zero-order valence-corrected chi connectivity index (χ0v) is 18.2. The summed E-state index contributed by atoms with van der Waals surface area (Å²) in [5.74, 6) is -2.58. The average molecular weight is 455 g/mol. The Labute approximate surface area is 195 Å². The molecular formula is C27H21NO6. The molecule has 3 aromatic rings. The molecule has 1 amide bonds. The monoisotopic (exact) mass is 455 g/mol. The summed E-state index contributed by atoms with van der Waals surface area (Å²) < 4.78 is 5.20. The second-order valence-electron chi connectivity index (χ2n) is 7.58. The van der Waals surface area contributed by atoms with Crippen LogP contribution >= 0.6 is 0 Å². The van der Waals surface area contributed by atoms with Crippen LogP contribution in [0.1, 0.15) is 27.5 Å². The van der Waals surface area contributed by atoms with Gasteiger partial charge in [0.15, 0.2) is 11.5 Å². The van der Waals surface area contributed by atoms with Gasteiger partial charge in [-0.15, -0.1) is 0 Å². The zero-order chi connectivity index (χ0) is 24.2. The number of ether oxygens (including phenoxy) is 1. The number of aliphatic hydroxyl groups excluding tert-OH is 1. The van der Waals surface area contributed by atoms with Crippen LogP contribution in [-0.2, 0) is 9.59 Å². The number of nitrogens with zero attached hydrogens (tertiary/aromatic N) is 1. The Morgan fingerprint density at radius 2 is 1.68 bits per heavy atom. The number of rotatable bonds is 7. The first kappa shape index (κ1) is 22.5. The largest absolute Gasteiger partial charge is 0.503 e. The summed E-state index contributed by atoms with van der Waals surface area (Å²) in [6.45, 7) is 0.